The van der Waals surface area contributed by atoms with Crippen molar-refractivity contribution in [3.63, 3.8) is 0 Å². The molecule has 3 heteroatoms. The van der Waals surface area contributed by atoms with Gasteiger partial charge in [-0.1, -0.05) is 24.6 Å². The van der Waals surface area contributed by atoms with E-state index in [1.54, 1.807) is 0 Å². The Morgan fingerprint density at radius 3 is 2.50 bits per heavy atom. The number of Topliss-reactive ketones (excluding diaryl/α,β-unsaturated/α-hetero) is 2. The molecule has 0 amide bonds. The van der Waals surface area contributed by atoms with Gasteiger partial charge in [0.15, 0.2) is 5.78 Å². The molecule has 1 saturated heterocycles. The second-order valence-electron chi connectivity index (χ2n) is 7.50. The molecule has 24 heavy (non-hydrogen) atoms. The van der Waals surface area contributed by atoms with Crippen LogP contribution in [0.25, 0.3) is 0 Å². The number of ether oxygens (including phenoxy) is 1. The van der Waals surface area contributed by atoms with Gasteiger partial charge in [-0.05, 0) is 62.1 Å². The monoisotopic (exact) mass is 328 g/mol. The standard InChI is InChI=1S/C21H28O3/c1-4-16-10-13(2)9-14(3)19(16)20-18(22)12-17(21(20)23)11-15-5-7-24-8-6-15/h9-10,15,17,20H,4-8,11-12H2,1-3H3. The molecule has 2 aliphatic rings. The molecule has 2 atom stereocenters. The normalized spacial score (nSPS) is 25.5. The second-order valence-corrected chi connectivity index (χ2v) is 7.50. The highest BCUT2D eigenvalue weighted by Gasteiger charge is 2.43. The van der Waals surface area contributed by atoms with Crippen molar-refractivity contribution in [1.29, 1.82) is 0 Å². The maximum atomic E-state index is 13.0. The Balaban J connectivity index is 1.84. The summed E-state index contributed by atoms with van der Waals surface area (Å²) in [5, 5.41) is 0. The average molecular weight is 328 g/mol. The summed E-state index contributed by atoms with van der Waals surface area (Å²) in [7, 11) is 0. The summed E-state index contributed by atoms with van der Waals surface area (Å²) in [6.45, 7) is 7.79. The number of hydrogen-bond acceptors (Lipinski definition) is 3. The van der Waals surface area contributed by atoms with Gasteiger partial charge in [-0.2, -0.15) is 0 Å². The van der Waals surface area contributed by atoms with E-state index in [1.807, 2.05) is 6.92 Å². The van der Waals surface area contributed by atoms with E-state index < -0.39 is 5.92 Å². The number of benzene rings is 1. The molecule has 1 aliphatic heterocycles. The predicted molar refractivity (Wildman–Crippen MR) is 94.3 cm³/mol. The molecule has 2 unspecified atom stereocenters. The van der Waals surface area contributed by atoms with Gasteiger partial charge in [0.1, 0.15) is 11.7 Å². The third kappa shape index (κ3) is 3.32. The van der Waals surface area contributed by atoms with Gasteiger partial charge < -0.3 is 4.74 Å². The van der Waals surface area contributed by atoms with E-state index in [0.717, 1.165) is 55.6 Å². The summed E-state index contributed by atoms with van der Waals surface area (Å²) in [4.78, 5) is 25.7. The zero-order chi connectivity index (χ0) is 17.3. The fourth-order valence-corrected chi connectivity index (χ4v) is 4.52. The third-order valence-electron chi connectivity index (χ3n) is 5.70. The predicted octanol–water partition coefficient (Wildman–Crippen LogP) is 3.92. The summed E-state index contributed by atoms with van der Waals surface area (Å²) < 4.78 is 5.41. The van der Waals surface area contributed by atoms with Crippen LogP contribution in [0.5, 0.6) is 0 Å². The fourth-order valence-electron chi connectivity index (χ4n) is 4.52. The van der Waals surface area contributed by atoms with Crippen molar-refractivity contribution < 1.29 is 14.3 Å². The molecular weight excluding hydrogens is 300 g/mol. The van der Waals surface area contributed by atoms with E-state index in [2.05, 4.69) is 26.0 Å². The van der Waals surface area contributed by atoms with E-state index in [9.17, 15) is 9.59 Å². The molecule has 0 spiro atoms. The molecule has 130 valence electrons. The molecule has 0 N–H and O–H groups in total. The molecule has 3 nitrogen and oxygen atoms in total. The van der Waals surface area contributed by atoms with Crippen LogP contribution in [0.1, 0.15) is 60.8 Å². The largest absolute Gasteiger partial charge is 0.381 e. The van der Waals surface area contributed by atoms with Gasteiger partial charge in [0, 0.05) is 25.6 Å². The molecule has 1 heterocycles. The van der Waals surface area contributed by atoms with Gasteiger partial charge in [-0.25, -0.2) is 0 Å². The van der Waals surface area contributed by atoms with Crippen molar-refractivity contribution in [2.45, 2.75) is 58.8 Å². The number of ketones is 2. The number of hydrogen-bond donors (Lipinski definition) is 0. The van der Waals surface area contributed by atoms with Crippen molar-refractivity contribution in [2.75, 3.05) is 13.2 Å². The van der Waals surface area contributed by atoms with Crippen LogP contribution in [-0.4, -0.2) is 24.8 Å². The van der Waals surface area contributed by atoms with Crippen LogP contribution in [0.4, 0.5) is 0 Å². The number of carbonyl (C=O) groups excluding carboxylic acids is 2. The van der Waals surface area contributed by atoms with Gasteiger partial charge in [-0.15, -0.1) is 0 Å². The molecule has 1 saturated carbocycles. The first kappa shape index (κ1) is 17.3. The van der Waals surface area contributed by atoms with Crippen molar-refractivity contribution in [1.82, 2.24) is 0 Å². The lowest BCUT2D eigenvalue weighted by Gasteiger charge is -2.24. The Morgan fingerprint density at radius 2 is 1.83 bits per heavy atom. The molecule has 3 rings (SSSR count). The lowest BCUT2D eigenvalue weighted by atomic mass is 9.83. The van der Waals surface area contributed by atoms with Crippen LogP contribution < -0.4 is 0 Å². The van der Waals surface area contributed by atoms with Crippen LogP contribution in [0, 0.1) is 25.7 Å². The molecule has 0 bridgehead atoms. The maximum Gasteiger partial charge on any atom is 0.151 e. The highest BCUT2D eigenvalue weighted by atomic mass is 16.5. The van der Waals surface area contributed by atoms with Gasteiger partial charge in [0.25, 0.3) is 0 Å². The van der Waals surface area contributed by atoms with E-state index in [-0.39, 0.29) is 17.5 Å². The fraction of sp³-hybridized carbons (Fsp3) is 0.619. The summed E-state index contributed by atoms with van der Waals surface area (Å²) in [6.07, 6.45) is 4.19. The molecule has 2 fully saturated rings. The maximum absolute atomic E-state index is 13.0. The Bertz CT molecular complexity index is 641. The molecule has 0 aromatic heterocycles. The van der Waals surface area contributed by atoms with Gasteiger partial charge >= 0.3 is 0 Å². The number of rotatable bonds is 4. The first-order valence-electron chi connectivity index (χ1n) is 9.25. The van der Waals surface area contributed by atoms with Gasteiger partial charge in [0.2, 0.25) is 0 Å². The van der Waals surface area contributed by atoms with E-state index in [4.69, 9.17) is 4.74 Å². The Morgan fingerprint density at radius 1 is 1.12 bits per heavy atom. The van der Waals surface area contributed by atoms with Crippen LogP contribution in [0.15, 0.2) is 12.1 Å². The molecular formula is C21H28O3. The Kier molecular flexibility index (Phi) is 5.19. The summed E-state index contributed by atoms with van der Waals surface area (Å²) in [6, 6.07) is 4.23. The minimum absolute atomic E-state index is 0.0870. The lowest BCUT2D eigenvalue weighted by molar-refractivity contribution is -0.125. The minimum Gasteiger partial charge on any atom is -0.381 e. The van der Waals surface area contributed by atoms with Crippen molar-refractivity contribution >= 4 is 11.6 Å². The molecule has 1 aromatic rings. The SMILES string of the molecule is CCc1cc(C)cc(C)c1C1C(=O)CC(CC2CCOCC2)C1=O. The summed E-state index contributed by atoms with van der Waals surface area (Å²) >= 11 is 0. The number of aryl methyl sites for hydroxylation is 3. The first-order valence-corrected chi connectivity index (χ1v) is 9.25. The van der Waals surface area contributed by atoms with Crippen LogP contribution in [0.3, 0.4) is 0 Å². The third-order valence-corrected chi connectivity index (χ3v) is 5.70. The average Bonchev–Trinajstić information content (AvgIpc) is 2.82. The van der Waals surface area contributed by atoms with Gasteiger partial charge in [-0.3, -0.25) is 9.59 Å². The van der Waals surface area contributed by atoms with E-state index in [0.29, 0.717) is 12.3 Å². The summed E-state index contributed by atoms with van der Waals surface area (Å²) in [5.74, 6) is 0.206. The minimum atomic E-state index is -0.523. The zero-order valence-corrected chi connectivity index (χ0v) is 15.1. The first-order chi connectivity index (χ1) is 11.5. The topological polar surface area (TPSA) is 43.4 Å². The zero-order valence-electron chi connectivity index (χ0n) is 15.1. The van der Waals surface area contributed by atoms with Crippen LogP contribution >= 0.6 is 0 Å². The second kappa shape index (κ2) is 7.18. The molecule has 1 aromatic carbocycles. The number of carbonyl (C=O) groups is 2. The highest BCUT2D eigenvalue weighted by Crippen LogP contribution is 2.40. The van der Waals surface area contributed by atoms with Gasteiger partial charge in [0.05, 0.1) is 0 Å². The van der Waals surface area contributed by atoms with Crippen molar-refractivity contribution in [3.05, 3.63) is 34.4 Å². The van der Waals surface area contributed by atoms with E-state index >= 15 is 0 Å². The Hall–Kier alpha value is -1.48. The quantitative estimate of drug-likeness (QED) is 0.787. The molecule has 1 aliphatic carbocycles. The van der Waals surface area contributed by atoms with Crippen molar-refractivity contribution in [2.24, 2.45) is 11.8 Å². The van der Waals surface area contributed by atoms with Crippen LogP contribution in [-0.2, 0) is 20.7 Å². The smallest absolute Gasteiger partial charge is 0.151 e. The Labute approximate surface area is 144 Å². The highest BCUT2D eigenvalue weighted by molar-refractivity contribution is 6.15. The van der Waals surface area contributed by atoms with Crippen LogP contribution in [0.2, 0.25) is 0 Å². The van der Waals surface area contributed by atoms with E-state index in [1.165, 1.54) is 5.56 Å². The summed E-state index contributed by atoms with van der Waals surface area (Å²) in [5.41, 5.74) is 4.44. The van der Waals surface area contributed by atoms with Crippen molar-refractivity contribution in [3.8, 4) is 0 Å². The lowest BCUT2D eigenvalue weighted by Crippen LogP contribution is -2.22. The molecule has 0 radical (unpaired) electrons.